The molecule has 5 atom stereocenters. The van der Waals surface area contributed by atoms with Crippen LogP contribution in [0.3, 0.4) is 0 Å². The predicted octanol–water partition coefficient (Wildman–Crippen LogP) is 0.910. The number of hydrogen-bond donors (Lipinski definition) is 5. The average molecular weight is 370 g/mol. The highest BCUT2D eigenvalue weighted by atomic mass is 16.7. The number of aromatic hydroxyl groups is 1. The van der Waals surface area contributed by atoms with E-state index >= 15 is 0 Å². The highest BCUT2D eigenvalue weighted by Crippen LogP contribution is 2.38. The maximum atomic E-state index is 11.2. The maximum Gasteiger partial charge on any atom is 0.335 e. The van der Waals surface area contributed by atoms with Gasteiger partial charge in [0.15, 0.2) is 6.10 Å². The number of rotatable bonds is 5. The third-order valence-corrected chi connectivity index (χ3v) is 4.45. The molecule has 1 aliphatic heterocycles. The molecule has 0 unspecified atom stereocenters. The van der Waals surface area contributed by atoms with Crippen LogP contribution in [0.1, 0.15) is 50.7 Å². The summed E-state index contributed by atoms with van der Waals surface area (Å²) in [4.78, 5) is 11.2. The summed E-state index contributed by atoms with van der Waals surface area (Å²) < 4.78 is 10.7. The number of aliphatic carboxylic acids is 1. The van der Waals surface area contributed by atoms with Gasteiger partial charge in [-0.25, -0.2) is 4.79 Å². The van der Waals surface area contributed by atoms with Crippen molar-refractivity contribution < 1.29 is 39.8 Å². The molecule has 0 radical (unpaired) electrons. The molecule has 0 bridgehead atoms. The van der Waals surface area contributed by atoms with E-state index in [0.29, 0.717) is 11.1 Å². The average Bonchev–Trinajstić information content (AvgIpc) is 2.55. The first-order valence-corrected chi connectivity index (χ1v) is 8.50. The molecule has 26 heavy (non-hydrogen) atoms. The van der Waals surface area contributed by atoms with Gasteiger partial charge in [0.2, 0.25) is 6.29 Å². The standard InChI is InChI=1S/C18H26O8/c1-7(2)10-5-9(6-11(8(3)4)12(10)19)25-18-15(22)13(20)14(21)16(26-18)17(23)24/h5-8,13-16,18-22H,1-4H3,(H,23,24)/t13-,14-,15+,16-,18+/m1/s1. The second-order valence-corrected chi connectivity index (χ2v) is 7.11. The summed E-state index contributed by atoms with van der Waals surface area (Å²) in [7, 11) is 0. The minimum atomic E-state index is -1.78. The van der Waals surface area contributed by atoms with Gasteiger partial charge < -0.3 is 35.0 Å². The van der Waals surface area contributed by atoms with Crippen LogP contribution in [0.25, 0.3) is 0 Å². The Morgan fingerprint density at radius 1 is 1.00 bits per heavy atom. The SMILES string of the molecule is CC(C)c1cc(O[C@H]2O[C@@H](C(=O)O)[C@H](O)[C@@H](O)[C@@H]2O)cc(C(C)C)c1O. The van der Waals surface area contributed by atoms with Crippen molar-refractivity contribution in [3.63, 3.8) is 0 Å². The lowest BCUT2D eigenvalue weighted by Gasteiger charge is -2.38. The first-order chi connectivity index (χ1) is 12.0. The van der Waals surface area contributed by atoms with Crippen molar-refractivity contribution in [2.24, 2.45) is 0 Å². The predicted molar refractivity (Wildman–Crippen MR) is 91.2 cm³/mol. The van der Waals surface area contributed by atoms with Gasteiger partial charge in [0, 0.05) is 11.1 Å². The van der Waals surface area contributed by atoms with E-state index < -0.39 is 36.7 Å². The molecule has 1 saturated heterocycles. The highest BCUT2D eigenvalue weighted by Gasteiger charge is 2.48. The number of hydrogen-bond acceptors (Lipinski definition) is 7. The van der Waals surface area contributed by atoms with Crippen LogP contribution in [0.5, 0.6) is 11.5 Å². The molecule has 1 fully saturated rings. The Bertz CT molecular complexity index is 628. The summed E-state index contributed by atoms with van der Waals surface area (Å²) in [5.41, 5.74) is 1.26. The Kier molecular flexibility index (Phi) is 6.13. The van der Waals surface area contributed by atoms with E-state index in [1.165, 1.54) is 0 Å². The zero-order valence-electron chi connectivity index (χ0n) is 15.2. The van der Waals surface area contributed by atoms with Crippen molar-refractivity contribution in [1.29, 1.82) is 0 Å². The summed E-state index contributed by atoms with van der Waals surface area (Å²) in [5.74, 6) is -1.08. The van der Waals surface area contributed by atoms with E-state index in [2.05, 4.69) is 0 Å². The van der Waals surface area contributed by atoms with E-state index in [1.807, 2.05) is 27.7 Å². The third-order valence-electron chi connectivity index (χ3n) is 4.45. The van der Waals surface area contributed by atoms with Crippen molar-refractivity contribution in [2.45, 2.75) is 70.2 Å². The summed E-state index contributed by atoms with van der Waals surface area (Å²) in [5, 5.41) is 49.2. The first-order valence-electron chi connectivity index (χ1n) is 8.50. The highest BCUT2D eigenvalue weighted by molar-refractivity contribution is 5.73. The number of carboxylic acid groups (broad SMARTS) is 1. The van der Waals surface area contributed by atoms with Crippen LogP contribution < -0.4 is 4.74 Å². The summed E-state index contributed by atoms with van der Waals surface area (Å²) in [6.07, 6.45) is -8.37. The van der Waals surface area contributed by atoms with Gasteiger partial charge in [0.25, 0.3) is 0 Å². The Labute approximate surface area is 151 Å². The molecule has 0 amide bonds. The molecule has 8 nitrogen and oxygen atoms in total. The number of ether oxygens (including phenoxy) is 2. The summed E-state index contributed by atoms with van der Waals surface area (Å²) in [6.45, 7) is 7.59. The Balaban J connectivity index is 2.35. The van der Waals surface area contributed by atoms with Crippen LogP contribution in [0.2, 0.25) is 0 Å². The quantitative estimate of drug-likeness (QED) is 0.516. The monoisotopic (exact) mass is 370 g/mol. The molecule has 1 aromatic carbocycles. The minimum absolute atomic E-state index is 0.00701. The molecule has 1 heterocycles. The Morgan fingerprint density at radius 2 is 1.50 bits per heavy atom. The largest absolute Gasteiger partial charge is 0.507 e. The fraction of sp³-hybridized carbons (Fsp3) is 0.611. The number of aliphatic hydroxyl groups excluding tert-OH is 3. The number of aliphatic hydroxyl groups is 3. The van der Waals surface area contributed by atoms with Gasteiger partial charge in [-0.2, -0.15) is 0 Å². The molecule has 0 aliphatic carbocycles. The van der Waals surface area contributed by atoms with Crippen molar-refractivity contribution in [3.8, 4) is 11.5 Å². The van der Waals surface area contributed by atoms with Crippen molar-refractivity contribution >= 4 is 5.97 Å². The van der Waals surface area contributed by atoms with Crippen LogP contribution in [0.15, 0.2) is 12.1 Å². The van der Waals surface area contributed by atoms with Gasteiger partial charge in [-0.05, 0) is 24.0 Å². The van der Waals surface area contributed by atoms with Crippen LogP contribution >= 0.6 is 0 Å². The zero-order chi connectivity index (χ0) is 19.8. The molecule has 2 rings (SSSR count). The van der Waals surface area contributed by atoms with Gasteiger partial charge >= 0.3 is 5.97 Å². The molecule has 8 heteroatoms. The minimum Gasteiger partial charge on any atom is -0.507 e. The van der Waals surface area contributed by atoms with Crippen molar-refractivity contribution in [1.82, 2.24) is 0 Å². The smallest absolute Gasteiger partial charge is 0.335 e. The normalized spacial score (nSPS) is 29.2. The molecular formula is C18H26O8. The number of phenolic OH excluding ortho intramolecular Hbond substituents is 1. The second kappa shape index (κ2) is 7.79. The summed E-state index contributed by atoms with van der Waals surface area (Å²) in [6, 6.07) is 3.16. The van der Waals surface area contributed by atoms with Crippen LogP contribution in [0.4, 0.5) is 0 Å². The second-order valence-electron chi connectivity index (χ2n) is 7.11. The third kappa shape index (κ3) is 3.93. The molecule has 0 saturated carbocycles. The molecular weight excluding hydrogens is 344 g/mol. The van der Waals surface area contributed by atoms with E-state index in [4.69, 9.17) is 14.6 Å². The first kappa shape index (κ1) is 20.4. The number of carbonyl (C=O) groups is 1. The van der Waals surface area contributed by atoms with Crippen LogP contribution in [-0.2, 0) is 9.53 Å². The van der Waals surface area contributed by atoms with E-state index in [9.17, 15) is 25.2 Å². The van der Waals surface area contributed by atoms with Crippen molar-refractivity contribution in [2.75, 3.05) is 0 Å². The lowest BCUT2D eigenvalue weighted by atomic mass is 9.93. The zero-order valence-corrected chi connectivity index (χ0v) is 15.2. The van der Waals surface area contributed by atoms with Crippen molar-refractivity contribution in [3.05, 3.63) is 23.3 Å². The van der Waals surface area contributed by atoms with Gasteiger partial charge in [0.1, 0.15) is 29.8 Å². The molecule has 0 aromatic heterocycles. The molecule has 1 aliphatic rings. The van der Waals surface area contributed by atoms with Gasteiger partial charge in [-0.3, -0.25) is 0 Å². The summed E-state index contributed by atoms with van der Waals surface area (Å²) >= 11 is 0. The topological polar surface area (TPSA) is 137 Å². The van der Waals surface area contributed by atoms with Crippen LogP contribution in [-0.4, -0.2) is 62.2 Å². The van der Waals surface area contributed by atoms with E-state index in [0.717, 1.165) is 0 Å². The fourth-order valence-electron chi connectivity index (χ4n) is 2.88. The van der Waals surface area contributed by atoms with E-state index in [1.54, 1.807) is 12.1 Å². The lowest BCUT2D eigenvalue weighted by molar-refractivity contribution is -0.271. The maximum absolute atomic E-state index is 11.2. The fourth-order valence-corrected chi connectivity index (χ4v) is 2.88. The van der Waals surface area contributed by atoms with Crippen LogP contribution in [0, 0.1) is 0 Å². The van der Waals surface area contributed by atoms with E-state index in [-0.39, 0.29) is 23.3 Å². The number of carboxylic acids is 1. The molecule has 5 N–H and O–H groups in total. The molecule has 0 spiro atoms. The number of benzene rings is 1. The van der Waals surface area contributed by atoms with Gasteiger partial charge in [-0.1, -0.05) is 27.7 Å². The van der Waals surface area contributed by atoms with Gasteiger partial charge in [0.05, 0.1) is 0 Å². The Hall–Kier alpha value is -1.87. The number of phenols is 1. The molecule has 146 valence electrons. The molecule has 1 aromatic rings. The van der Waals surface area contributed by atoms with Gasteiger partial charge in [-0.15, -0.1) is 0 Å². The lowest BCUT2D eigenvalue weighted by Crippen LogP contribution is -2.61. The Morgan fingerprint density at radius 3 is 1.92 bits per heavy atom.